The maximum Gasteiger partial charge on any atom is 0.311 e. The predicted octanol–water partition coefficient (Wildman–Crippen LogP) is 2.20. The second-order valence-electron chi connectivity index (χ2n) is 4.25. The van der Waals surface area contributed by atoms with Crippen molar-refractivity contribution in [1.82, 2.24) is 4.98 Å². The Hall–Kier alpha value is -2.67. The molecule has 0 unspecified atom stereocenters. The Kier molecular flexibility index (Phi) is 4.11. The number of nitrogens with two attached hydrogens (primary N) is 1. The molecule has 0 bridgehead atoms. The van der Waals surface area contributed by atoms with E-state index in [2.05, 4.69) is 15.7 Å². The lowest BCUT2D eigenvalue weighted by Crippen LogP contribution is -2.11. The van der Waals surface area contributed by atoms with E-state index in [0.29, 0.717) is 12.4 Å². The van der Waals surface area contributed by atoms with Crippen molar-refractivity contribution in [2.24, 2.45) is 5.84 Å². The first-order valence-corrected chi connectivity index (χ1v) is 6.02. The number of pyridine rings is 1. The predicted molar refractivity (Wildman–Crippen MR) is 77.2 cm³/mol. The van der Waals surface area contributed by atoms with E-state index in [9.17, 15) is 10.1 Å². The van der Waals surface area contributed by atoms with Crippen LogP contribution in [-0.4, -0.2) is 9.91 Å². The molecule has 0 aliphatic carbocycles. The number of benzene rings is 1. The summed E-state index contributed by atoms with van der Waals surface area (Å²) in [6, 6.07) is 10.6. The van der Waals surface area contributed by atoms with Gasteiger partial charge in [-0.1, -0.05) is 24.3 Å². The summed E-state index contributed by atoms with van der Waals surface area (Å²) < 4.78 is 0. The molecule has 2 rings (SSSR count). The van der Waals surface area contributed by atoms with Crippen LogP contribution in [0.2, 0.25) is 0 Å². The molecule has 104 valence electrons. The van der Waals surface area contributed by atoms with E-state index in [0.717, 1.165) is 11.1 Å². The quantitative estimate of drug-likeness (QED) is 0.438. The van der Waals surface area contributed by atoms with Crippen molar-refractivity contribution in [2.45, 2.75) is 13.5 Å². The summed E-state index contributed by atoms with van der Waals surface area (Å²) in [6.07, 6.45) is 0. The number of nitrogen functional groups attached to an aromatic ring is 1. The minimum absolute atomic E-state index is 0.0856. The molecule has 20 heavy (non-hydrogen) atoms. The first kappa shape index (κ1) is 13.8. The molecule has 1 aromatic heterocycles. The number of aryl methyl sites for hydroxylation is 1. The van der Waals surface area contributed by atoms with Gasteiger partial charge in [0.15, 0.2) is 0 Å². The molecule has 0 spiro atoms. The maximum atomic E-state index is 11.0. The first-order valence-electron chi connectivity index (χ1n) is 6.02. The number of rotatable bonds is 5. The highest BCUT2D eigenvalue weighted by atomic mass is 16.6. The molecule has 0 atom stereocenters. The molecule has 7 heteroatoms. The Labute approximate surface area is 116 Å². The molecule has 0 aliphatic heterocycles. The fourth-order valence-electron chi connectivity index (χ4n) is 1.80. The molecule has 7 nitrogen and oxygen atoms in total. The van der Waals surface area contributed by atoms with E-state index in [1.807, 2.05) is 31.2 Å². The Morgan fingerprint density at radius 3 is 2.70 bits per heavy atom. The van der Waals surface area contributed by atoms with Gasteiger partial charge in [-0.3, -0.25) is 10.1 Å². The van der Waals surface area contributed by atoms with Gasteiger partial charge < -0.3 is 10.7 Å². The maximum absolute atomic E-state index is 11.0. The lowest BCUT2D eigenvalue weighted by Gasteiger charge is -2.09. The molecule has 0 aliphatic rings. The van der Waals surface area contributed by atoms with Gasteiger partial charge in [0.05, 0.1) is 4.92 Å². The molecular weight excluding hydrogens is 258 g/mol. The summed E-state index contributed by atoms with van der Waals surface area (Å²) in [7, 11) is 0. The van der Waals surface area contributed by atoms with Crippen LogP contribution in [0, 0.1) is 17.0 Å². The third-order valence-electron chi connectivity index (χ3n) is 2.93. The topological polar surface area (TPSA) is 106 Å². The molecule has 1 heterocycles. The van der Waals surface area contributed by atoms with Gasteiger partial charge in [-0.25, -0.2) is 10.8 Å². The first-order chi connectivity index (χ1) is 9.61. The van der Waals surface area contributed by atoms with Crippen LogP contribution in [0.15, 0.2) is 36.4 Å². The minimum Gasteiger partial charge on any atom is -0.360 e. The highest BCUT2D eigenvalue weighted by Gasteiger charge is 2.15. The fourth-order valence-corrected chi connectivity index (χ4v) is 1.80. The van der Waals surface area contributed by atoms with E-state index in [-0.39, 0.29) is 11.5 Å². The second kappa shape index (κ2) is 5.98. The van der Waals surface area contributed by atoms with Crippen molar-refractivity contribution >= 4 is 17.3 Å². The van der Waals surface area contributed by atoms with Gasteiger partial charge in [-0.2, -0.15) is 0 Å². The number of hydrazine groups is 1. The van der Waals surface area contributed by atoms with Crippen molar-refractivity contribution in [2.75, 3.05) is 10.7 Å². The highest BCUT2D eigenvalue weighted by molar-refractivity contribution is 5.60. The zero-order valence-electron chi connectivity index (χ0n) is 11.0. The Bertz CT molecular complexity index is 630. The van der Waals surface area contributed by atoms with E-state index >= 15 is 0 Å². The number of nitrogens with one attached hydrogen (secondary N) is 2. The number of nitrogens with zero attached hydrogens (tertiary/aromatic N) is 2. The molecule has 0 radical (unpaired) electrons. The zero-order valence-corrected chi connectivity index (χ0v) is 11.0. The van der Waals surface area contributed by atoms with Gasteiger partial charge in [0.25, 0.3) is 0 Å². The van der Waals surface area contributed by atoms with Crippen LogP contribution in [0.3, 0.4) is 0 Å². The zero-order chi connectivity index (χ0) is 14.5. The smallest absolute Gasteiger partial charge is 0.311 e. The van der Waals surface area contributed by atoms with E-state index in [4.69, 9.17) is 5.84 Å². The van der Waals surface area contributed by atoms with Crippen LogP contribution in [0.1, 0.15) is 11.1 Å². The van der Waals surface area contributed by atoms with Gasteiger partial charge in [0.2, 0.25) is 5.82 Å². The monoisotopic (exact) mass is 273 g/mol. The highest BCUT2D eigenvalue weighted by Crippen LogP contribution is 2.24. The molecule has 2 aromatic rings. The van der Waals surface area contributed by atoms with Crippen LogP contribution in [-0.2, 0) is 6.54 Å². The number of hydrogen-bond acceptors (Lipinski definition) is 6. The summed E-state index contributed by atoms with van der Waals surface area (Å²) in [5.74, 6) is 5.82. The minimum atomic E-state index is -0.479. The van der Waals surface area contributed by atoms with Crippen LogP contribution in [0.4, 0.5) is 17.3 Å². The molecule has 0 fully saturated rings. The van der Waals surface area contributed by atoms with Gasteiger partial charge in [0.1, 0.15) is 5.82 Å². The normalized spacial score (nSPS) is 10.1. The lowest BCUT2D eigenvalue weighted by molar-refractivity contribution is -0.384. The van der Waals surface area contributed by atoms with Gasteiger partial charge in [0, 0.05) is 12.6 Å². The molecule has 0 saturated carbocycles. The number of anilines is 2. The largest absolute Gasteiger partial charge is 0.360 e. The average Bonchev–Trinajstić information content (AvgIpc) is 2.46. The number of nitro groups is 1. The SMILES string of the molecule is Cc1ccccc1CNc1nc(NN)ccc1[N+](=O)[O-]. The Morgan fingerprint density at radius 1 is 1.30 bits per heavy atom. The Balaban J connectivity index is 2.24. The average molecular weight is 273 g/mol. The third-order valence-corrected chi connectivity index (χ3v) is 2.93. The van der Waals surface area contributed by atoms with Gasteiger partial charge >= 0.3 is 5.69 Å². The summed E-state index contributed by atoms with van der Waals surface area (Å²) >= 11 is 0. The van der Waals surface area contributed by atoms with Crippen molar-refractivity contribution in [3.63, 3.8) is 0 Å². The van der Waals surface area contributed by atoms with Crippen molar-refractivity contribution in [3.05, 3.63) is 57.6 Å². The number of hydrogen-bond donors (Lipinski definition) is 3. The molecule has 1 aromatic carbocycles. The van der Waals surface area contributed by atoms with Gasteiger partial charge in [-0.05, 0) is 24.1 Å². The van der Waals surface area contributed by atoms with E-state index in [1.54, 1.807) is 0 Å². The fraction of sp³-hybridized carbons (Fsp3) is 0.154. The van der Waals surface area contributed by atoms with Gasteiger partial charge in [-0.15, -0.1) is 0 Å². The molecular formula is C13H15N5O2. The van der Waals surface area contributed by atoms with Crippen LogP contribution < -0.4 is 16.6 Å². The summed E-state index contributed by atoms with van der Waals surface area (Å²) in [4.78, 5) is 14.6. The third kappa shape index (κ3) is 3.01. The lowest BCUT2D eigenvalue weighted by atomic mass is 10.1. The standard InChI is InChI=1S/C13H15N5O2/c1-9-4-2-3-5-10(9)8-15-13-11(18(19)20)6-7-12(16-13)17-14/h2-7H,8,14H2,1H3,(H2,15,16,17). The summed E-state index contributed by atoms with van der Waals surface area (Å²) in [6.45, 7) is 2.44. The summed E-state index contributed by atoms with van der Waals surface area (Å²) in [5, 5.41) is 14.0. The van der Waals surface area contributed by atoms with Crippen LogP contribution in [0.5, 0.6) is 0 Å². The van der Waals surface area contributed by atoms with Crippen LogP contribution in [0.25, 0.3) is 0 Å². The number of aromatic nitrogens is 1. The Morgan fingerprint density at radius 2 is 2.05 bits per heavy atom. The second-order valence-corrected chi connectivity index (χ2v) is 4.25. The summed E-state index contributed by atoms with van der Waals surface area (Å²) in [5.41, 5.74) is 4.44. The molecule has 0 saturated heterocycles. The van der Waals surface area contributed by atoms with Crippen molar-refractivity contribution in [3.8, 4) is 0 Å². The van der Waals surface area contributed by atoms with Crippen molar-refractivity contribution < 1.29 is 4.92 Å². The molecule has 4 N–H and O–H groups in total. The van der Waals surface area contributed by atoms with Crippen molar-refractivity contribution in [1.29, 1.82) is 0 Å². The van der Waals surface area contributed by atoms with Crippen LogP contribution >= 0.6 is 0 Å². The molecule has 0 amide bonds. The van der Waals surface area contributed by atoms with E-state index < -0.39 is 4.92 Å². The van der Waals surface area contributed by atoms with E-state index in [1.165, 1.54) is 12.1 Å².